The number of ether oxygens (including phenoxy) is 1. The molecular weight excluding hydrogens is 276 g/mol. The molecule has 2 nitrogen and oxygen atoms in total. The van der Waals surface area contributed by atoms with Gasteiger partial charge in [-0.1, -0.05) is 59.7 Å². The van der Waals surface area contributed by atoms with E-state index in [1.165, 1.54) is 0 Å². The highest BCUT2D eigenvalue weighted by atomic mass is 28.4. The summed E-state index contributed by atoms with van der Waals surface area (Å²) in [5, 5.41) is 0. The van der Waals surface area contributed by atoms with Gasteiger partial charge in [-0.15, -0.1) is 0 Å². The van der Waals surface area contributed by atoms with Crippen LogP contribution in [0.3, 0.4) is 0 Å². The fourth-order valence-corrected chi connectivity index (χ4v) is 9.01. The van der Waals surface area contributed by atoms with E-state index >= 15 is 0 Å². The van der Waals surface area contributed by atoms with Gasteiger partial charge < -0.3 is 9.16 Å². The monoisotopic (exact) mass is 308 g/mol. The van der Waals surface area contributed by atoms with Crippen LogP contribution in [0.2, 0.25) is 16.6 Å². The Labute approximate surface area is 132 Å². The van der Waals surface area contributed by atoms with E-state index in [1.54, 1.807) is 0 Å². The molecule has 0 aliphatic rings. The van der Waals surface area contributed by atoms with Gasteiger partial charge in [0.2, 0.25) is 0 Å². The van der Waals surface area contributed by atoms with Crippen molar-refractivity contribution in [3.8, 4) is 5.75 Å². The summed E-state index contributed by atoms with van der Waals surface area (Å²) in [6, 6.07) is 10.00. The van der Waals surface area contributed by atoms with Gasteiger partial charge in [-0.3, -0.25) is 0 Å². The maximum absolute atomic E-state index is 6.51. The van der Waals surface area contributed by atoms with Gasteiger partial charge >= 0.3 is 0 Å². The lowest BCUT2D eigenvalue weighted by atomic mass is 10.3. The van der Waals surface area contributed by atoms with Crippen molar-refractivity contribution in [3.05, 3.63) is 30.3 Å². The maximum atomic E-state index is 6.51. The highest BCUT2D eigenvalue weighted by Crippen LogP contribution is 2.42. The van der Waals surface area contributed by atoms with Crippen LogP contribution in [0.4, 0.5) is 0 Å². The summed E-state index contributed by atoms with van der Waals surface area (Å²) < 4.78 is 12.2. The van der Waals surface area contributed by atoms with Crippen molar-refractivity contribution in [2.45, 2.75) is 64.6 Å². The Kier molecular flexibility index (Phi) is 7.47. The minimum Gasteiger partial charge on any atom is -0.494 e. The zero-order valence-corrected chi connectivity index (χ0v) is 15.6. The lowest BCUT2D eigenvalue weighted by Gasteiger charge is -2.42. The Morgan fingerprint density at radius 1 is 0.810 bits per heavy atom. The highest BCUT2D eigenvalue weighted by molar-refractivity contribution is 6.77. The van der Waals surface area contributed by atoms with Crippen LogP contribution in [0.1, 0.15) is 48.0 Å². The van der Waals surface area contributed by atoms with E-state index in [2.05, 4.69) is 41.5 Å². The molecule has 1 aromatic rings. The van der Waals surface area contributed by atoms with Gasteiger partial charge in [0.05, 0.1) is 6.61 Å². The van der Waals surface area contributed by atoms with Crippen molar-refractivity contribution >= 4 is 8.32 Å². The van der Waals surface area contributed by atoms with E-state index in [4.69, 9.17) is 9.16 Å². The lowest BCUT2D eigenvalue weighted by molar-refractivity contribution is 0.228. The summed E-state index contributed by atoms with van der Waals surface area (Å²) in [6.45, 7) is 15.5. The second-order valence-corrected chi connectivity index (χ2v) is 12.1. The molecule has 0 spiro atoms. The van der Waals surface area contributed by atoms with E-state index in [0.717, 1.165) is 25.4 Å². The molecule has 0 amide bonds. The average Bonchev–Trinajstić information content (AvgIpc) is 2.42. The second kappa shape index (κ2) is 8.59. The summed E-state index contributed by atoms with van der Waals surface area (Å²) in [6.07, 6.45) is 0.954. The normalized spacial score (nSPS) is 12.4. The highest BCUT2D eigenvalue weighted by Gasteiger charge is 2.44. The largest absolute Gasteiger partial charge is 0.494 e. The molecule has 0 fully saturated rings. The maximum Gasteiger partial charge on any atom is 0.200 e. The van der Waals surface area contributed by atoms with E-state index < -0.39 is 8.32 Å². The minimum atomic E-state index is -1.71. The number of hydrogen-bond acceptors (Lipinski definition) is 2. The third-order valence-corrected chi connectivity index (χ3v) is 10.5. The van der Waals surface area contributed by atoms with Gasteiger partial charge in [-0.25, -0.2) is 0 Å². The molecule has 0 aliphatic heterocycles. The molecule has 0 aromatic heterocycles. The summed E-state index contributed by atoms with van der Waals surface area (Å²) in [7, 11) is -1.71. The van der Waals surface area contributed by atoms with E-state index in [0.29, 0.717) is 16.6 Å². The van der Waals surface area contributed by atoms with Crippen molar-refractivity contribution in [3.63, 3.8) is 0 Å². The zero-order valence-electron chi connectivity index (χ0n) is 14.6. The minimum absolute atomic E-state index is 0.646. The van der Waals surface area contributed by atoms with Gasteiger partial charge in [0.25, 0.3) is 0 Å². The zero-order chi connectivity index (χ0) is 15.9. The van der Waals surface area contributed by atoms with Gasteiger partial charge in [-0.05, 0) is 28.8 Å². The molecule has 1 rings (SSSR count). The molecular formula is C18H32O2Si. The molecule has 0 heterocycles. The first-order valence-corrected chi connectivity index (χ1v) is 10.4. The summed E-state index contributed by atoms with van der Waals surface area (Å²) in [5.74, 6) is 0.942. The first kappa shape index (κ1) is 18.2. The molecule has 21 heavy (non-hydrogen) atoms. The van der Waals surface area contributed by atoms with Crippen LogP contribution >= 0.6 is 0 Å². The van der Waals surface area contributed by atoms with Crippen LogP contribution in [0.5, 0.6) is 5.75 Å². The molecule has 1 aromatic carbocycles. The third kappa shape index (κ3) is 4.85. The molecule has 0 unspecified atom stereocenters. The van der Waals surface area contributed by atoms with Crippen LogP contribution in [0.25, 0.3) is 0 Å². The number of rotatable bonds is 9. The Morgan fingerprint density at radius 2 is 1.33 bits per heavy atom. The van der Waals surface area contributed by atoms with Crippen LogP contribution in [0.15, 0.2) is 30.3 Å². The molecule has 0 bridgehead atoms. The van der Waals surface area contributed by atoms with Crippen molar-refractivity contribution in [2.75, 3.05) is 13.2 Å². The molecule has 3 heteroatoms. The Hall–Kier alpha value is -0.803. The quantitative estimate of drug-likeness (QED) is 0.433. The van der Waals surface area contributed by atoms with E-state index in [9.17, 15) is 0 Å². The molecule has 0 N–H and O–H groups in total. The average molecular weight is 309 g/mol. The number of benzene rings is 1. The predicted octanol–water partition coefficient (Wildman–Crippen LogP) is 5.65. The Morgan fingerprint density at radius 3 is 1.81 bits per heavy atom. The first-order chi connectivity index (χ1) is 9.91. The smallest absolute Gasteiger partial charge is 0.200 e. The topological polar surface area (TPSA) is 18.5 Å². The van der Waals surface area contributed by atoms with Gasteiger partial charge in [0.15, 0.2) is 8.32 Å². The second-order valence-electron chi connectivity index (χ2n) is 6.68. The first-order valence-electron chi connectivity index (χ1n) is 8.23. The van der Waals surface area contributed by atoms with E-state index in [-0.39, 0.29) is 0 Å². The lowest BCUT2D eigenvalue weighted by Crippen LogP contribution is -2.48. The fraction of sp³-hybridized carbons (Fsp3) is 0.667. The Balaban J connectivity index is 2.44. The van der Waals surface area contributed by atoms with Gasteiger partial charge in [-0.2, -0.15) is 0 Å². The molecule has 120 valence electrons. The SMILES string of the molecule is CC(C)[Si](OCCCOc1ccccc1)(C(C)C)C(C)C. The predicted molar refractivity (Wildman–Crippen MR) is 93.6 cm³/mol. The molecule has 0 saturated heterocycles. The number of hydrogen-bond donors (Lipinski definition) is 0. The summed E-state index contributed by atoms with van der Waals surface area (Å²) in [4.78, 5) is 0. The van der Waals surface area contributed by atoms with Crippen LogP contribution < -0.4 is 4.74 Å². The van der Waals surface area contributed by atoms with Gasteiger partial charge in [0, 0.05) is 13.0 Å². The van der Waals surface area contributed by atoms with E-state index in [1.807, 2.05) is 30.3 Å². The Bertz CT molecular complexity index is 366. The van der Waals surface area contributed by atoms with Gasteiger partial charge in [0.1, 0.15) is 5.75 Å². The molecule has 0 atom stereocenters. The number of para-hydroxylation sites is 1. The van der Waals surface area contributed by atoms with Crippen molar-refractivity contribution in [2.24, 2.45) is 0 Å². The van der Waals surface area contributed by atoms with Crippen LogP contribution in [-0.4, -0.2) is 21.5 Å². The molecule has 0 aliphatic carbocycles. The van der Waals surface area contributed by atoms with Crippen molar-refractivity contribution < 1.29 is 9.16 Å². The van der Waals surface area contributed by atoms with Crippen LogP contribution in [-0.2, 0) is 4.43 Å². The van der Waals surface area contributed by atoms with Crippen LogP contribution in [0, 0.1) is 0 Å². The molecule has 0 radical (unpaired) electrons. The fourth-order valence-electron chi connectivity index (χ4n) is 3.51. The summed E-state index contributed by atoms with van der Waals surface area (Å²) in [5.41, 5.74) is 1.94. The third-order valence-electron chi connectivity index (χ3n) is 4.36. The van der Waals surface area contributed by atoms with Crippen molar-refractivity contribution in [1.82, 2.24) is 0 Å². The van der Waals surface area contributed by atoms with Crippen molar-refractivity contribution in [1.29, 1.82) is 0 Å². The molecule has 0 saturated carbocycles. The standard InChI is InChI=1S/C18H32O2Si/c1-15(2)21(16(3)4,17(5)6)20-14-10-13-19-18-11-8-7-9-12-18/h7-9,11-12,15-17H,10,13-14H2,1-6H3. The summed E-state index contributed by atoms with van der Waals surface area (Å²) >= 11 is 0.